The fourth-order valence-electron chi connectivity index (χ4n) is 1.39. The molecule has 4 nitrogen and oxygen atoms in total. The summed E-state index contributed by atoms with van der Waals surface area (Å²) < 4.78 is 33.3. The summed E-state index contributed by atoms with van der Waals surface area (Å²) in [5.41, 5.74) is 0. The average molecular weight is 328 g/mol. The van der Waals surface area contributed by atoms with Crippen LogP contribution in [0.3, 0.4) is 0 Å². The molecule has 0 aliphatic heterocycles. The van der Waals surface area contributed by atoms with Gasteiger partial charge >= 0.3 is 75.4 Å². The van der Waals surface area contributed by atoms with E-state index in [1.165, 1.54) is 0 Å². The quantitative estimate of drug-likeness (QED) is 0.625. The van der Waals surface area contributed by atoms with Gasteiger partial charge in [0.05, 0.1) is 5.30 Å². The first-order valence-electron chi connectivity index (χ1n) is 5.16. The van der Waals surface area contributed by atoms with Crippen molar-refractivity contribution in [1.82, 2.24) is 0 Å². The van der Waals surface area contributed by atoms with Crippen molar-refractivity contribution in [2.75, 3.05) is 0 Å². The van der Waals surface area contributed by atoms with E-state index in [9.17, 15) is 9.13 Å². The van der Waals surface area contributed by atoms with Crippen LogP contribution in [0.4, 0.5) is 0 Å². The number of hydrogen-bond acceptors (Lipinski definition) is 4. The molecule has 0 heterocycles. The van der Waals surface area contributed by atoms with Gasteiger partial charge in [-0.2, -0.15) is 0 Å². The number of benzene rings is 2. The Bertz CT molecular complexity index is 566. The topological polar surface area (TPSA) is 52.6 Å². The van der Waals surface area contributed by atoms with Gasteiger partial charge in [0.2, 0.25) is 0 Å². The Hall–Kier alpha value is 0.530. The van der Waals surface area contributed by atoms with Crippen LogP contribution >= 0.6 is 16.3 Å². The van der Waals surface area contributed by atoms with Crippen LogP contribution in [0.1, 0.15) is 0 Å². The summed E-state index contributed by atoms with van der Waals surface area (Å²) in [6.07, 6.45) is 0. The average Bonchev–Trinajstić information content (AvgIpc) is 2.41. The monoisotopic (exact) mass is 328 g/mol. The maximum atomic E-state index is 12.5. The summed E-state index contributed by atoms with van der Waals surface area (Å²) in [6, 6.07) is 17.0. The molecule has 0 radical (unpaired) electrons. The number of para-hydroxylation sites is 1. The van der Waals surface area contributed by atoms with E-state index in [-0.39, 0.29) is 59.1 Å². The Balaban J connectivity index is 0.00000180. The van der Waals surface area contributed by atoms with Gasteiger partial charge in [-0.15, -0.1) is 0 Å². The van der Waals surface area contributed by atoms with Gasteiger partial charge in [-0.3, -0.25) is 0 Å². The Labute approximate surface area is 163 Å². The van der Waals surface area contributed by atoms with E-state index < -0.39 is 16.3 Å². The molecule has 2 aromatic carbocycles. The normalized spacial score (nSPS) is 12.6. The Kier molecular flexibility index (Phi) is 10.6. The summed E-state index contributed by atoms with van der Waals surface area (Å²) in [4.78, 5) is 0. The predicted molar refractivity (Wildman–Crippen MR) is 83.7 cm³/mol. The van der Waals surface area contributed by atoms with Crippen molar-refractivity contribution in [3.8, 4) is 5.75 Å². The van der Waals surface area contributed by atoms with E-state index in [1.54, 1.807) is 54.6 Å². The van der Waals surface area contributed by atoms with Gasteiger partial charge in [-0.25, -0.2) is 13.4 Å². The number of hydrogen-bond donors (Lipinski definition) is 0. The van der Waals surface area contributed by atoms with Crippen LogP contribution in [0, 0.1) is 0 Å². The van der Waals surface area contributed by atoms with Crippen molar-refractivity contribution in [3.63, 3.8) is 0 Å². The van der Waals surface area contributed by atoms with Crippen LogP contribution in [0.25, 0.3) is 0 Å². The molecule has 0 amide bonds. The van der Waals surface area contributed by atoms with Gasteiger partial charge in [0.1, 0.15) is 5.75 Å². The van der Waals surface area contributed by atoms with Gasteiger partial charge < -0.3 is 4.52 Å². The molecule has 20 heavy (non-hydrogen) atoms. The van der Waals surface area contributed by atoms with Gasteiger partial charge in [-0.1, -0.05) is 36.4 Å². The first kappa shape index (κ1) is 20.5. The Morgan fingerprint density at radius 2 is 1.35 bits per heavy atom. The number of rotatable bonds is 5. The van der Waals surface area contributed by atoms with Crippen molar-refractivity contribution in [1.29, 1.82) is 0 Å². The van der Waals surface area contributed by atoms with Gasteiger partial charge in [0.15, 0.2) is 0 Å². The molecule has 0 aliphatic rings. The second kappa shape index (κ2) is 10.3. The summed E-state index contributed by atoms with van der Waals surface area (Å²) in [5.74, 6) is 0.397. The van der Waals surface area contributed by atoms with Crippen molar-refractivity contribution >= 4 is 80.7 Å². The zero-order chi connectivity index (χ0) is 12.8. The van der Waals surface area contributed by atoms with E-state index >= 15 is 0 Å². The molecular weight excluding hydrogens is 316 g/mol. The zero-order valence-corrected chi connectivity index (χ0v) is 11.1. The summed E-state index contributed by atoms with van der Waals surface area (Å²) in [6.45, 7) is 0. The molecule has 0 N–H and O–H groups in total. The zero-order valence-electron chi connectivity index (χ0n) is 9.30. The molecule has 8 heteroatoms. The third-order valence-corrected chi connectivity index (χ3v) is 4.69. The SMILES string of the molecule is O=POP(=O)(Oc1ccccc1)c1ccccc1.[NaH].[NaH]. The van der Waals surface area contributed by atoms with Crippen LogP contribution in [0.2, 0.25) is 0 Å². The first-order chi connectivity index (χ1) is 8.74. The fraction of sp³-hybridized carbons (Fsp3) is 0. The van der Waals surface area contributed by atoms with Gasteiger partial charge in [-0.05, 0) is 24.3 Å². The van der Waals surface area contributed by atoms with E-state index in [2.05, 4.69) is 0 Å². The Morgan fingerprint density at radius 3 is 1.85 bits per heavy atom. The molecule has 0 spiro atoms. The molecule has 0 fully saturated rings. The van der Waals surface area contributed by atoms with Crippen molar-refractivity contribution in [3.05, 3.63) is 60.7 Å². The molecular formula is C12H12Na2O4P2. The van der Waals surface area contributed by atoms with Gasteiger partial charge in [0.25, 0.3) is 0 Å². The van der Waals surface area contributed by atoms with Crippen molar-refractivity contribution < 1.29 is 18.0 Å². The summed E-state index contributed by atoms with van der Waals surface area (Å²) >= 11 is 0. The molecule has 2 rings (SSSR count). The van der Waals surface area contributed by atoms with Crippen LogP contribution in [0.5, 0.6) is 5.75 Å². The molecule has 0 saturated carbocycles. The van der Waals surface area contributed by atoms with E-state index in [0.717, 1.165) is 0 Å². The second-order valence-corrected chi connectivity index (χ2v) is 5.89. The first-order valence-corrected chi connectivity index (χ1v) is 7.43. The molecule has 96 valence electrons. The Morgan fingerprint density at radius 1 is 0.850 bits per heavy atom. The van der Waals surface area contributed by atoms with E-state index in [4.69, 9.17) is 8.83 Å². The van der Waals surface area contributed by atoms with Crippen LogP contribution in [-0.4, -0.2) is 59.1 Å². The molecule has 2 aromatic rings. The van der Waals surface area contributed by atoms with E-state index in [0.29, 0.717) is 11.1 Å². The minimum absolute atomic E-state index is 0. The fourth-order valence-corrected chi connectivity index (χ4v) is 3.29. The predicted octanol–water partition coefficient (Wildman–Crippen LogP) is 2.51. The van der Waals surface area contributed by atoms with Crippen LogP contribution < -0.4 is 9.83 Å². The standard InChI is InChI=1S/C12H10O4P2.2Na.2H/c13-17-16-18(14,12-9-5-2-6-10-12)15-11-7-3-1-4-8-11;;;;/h1-10H;;;;. The van der Waals surface area contributed by atoms with Crippen molar-refractivity contribution in [2.45, 2.75) is 0 Å². The van der Waals surface area contributed by atoms with Gasteiger partial charge in [0, 0.05) is 0 Å². The minimum atomic E-state index is -3.62. The molecule has 0 aliphatic carbocycles. The summed E-state index contributed by atoms with van der Waals surface area (Å²) in [5, 5.41) is 0.359. The second-order valence-electron chi connectivity index (χ2n) is 3.39. The molecule has 1 atom stereocenters. The third kappa shape index (κ3) is 5.73. The summed E-state index contributed by atoms with van der Waals surface area (Å²) in [7, 11) is -4.30. The van der Waals surface area contributed by atoms with Crippen molar-refractivity contribution in [2.24, 2.45) is 0 Å². The molecule has 0 saturated heterocycles. The van der Waals surface area contributed by atoms with E-state index in [1.807, 2.05) is 6.07 Å². The van der Waals surface area contributed by atoms with Crippen LogP contribution in [0.15, 0.2) is 60.7 Å². The maximum absolute atomic E-state index is 12.5. The van der Waals surface area contributed by atoms with Crippen LogP contribution in [-0.2, 0) is 13.4 Å². The third-order valence-electron chi connectivity index (χ3n) is 2.18. The molecule has 1 unspecified atom stereocenters. The molecule has 0 aromatic heterocycles. The molecule has 0 bridgehead atoms.